The van der Waals surface area contributed by atoms with Crippen molar-refractivity contribution in [3.05, 3.63) is 0 Å². The van der Waals surface area contributed by atoms with Crippen LogP contribution < -0.4 is 10.6 Å². The van der Waals surface area contributed by atoms with E-state index in [4.69, 9.17) is 5.11 Å². The highest BCUT2D eigenvalue weighted by Crippen LogP contribution is 2.15. The quantitative estimate of drug-likeness (QED) is 0.670. The number of amides is 2. The summed E-state index contributed by atoms with van der Waals surface area (Å²) in [5.74, 6) is -1.14. The highest BCUT2D eigenvalue weighted by Gasteiger charge is 2.25. The number of hydrogen-bond acceptors (Lipinski definition) is 3. The minimum Gasteiger partial charge on any atom is -0.480 e. The van der Waals surface area contributed by atoms with Crippen molar-refractivity contribution in [2.75, 3.05) is 19.6 Å². The molecule has 110 valence electrons. The van der Waals surface area contributed by atoms with Crippen LogP contribution in [0.15, 0.2) is 0 Å². The minimum absolute atomic E-state index is 0.137. The average molecular weight is 271 g/mol. The van der Waals surface area contributed by atoms with Crippen LogP contribution in [0.2, 0.25) is 0 Å². The fourth-order valence-corrected chi connectivity index (χ4v) is 2.46. The van der Waals surface area contributed by atoms with Crippen LogP contribution >= 0.6 is 0 Å². The average Bonchev–Trinajstić information content (AvgIpc) is 2.79. The van der Waals surface area contributed by atoms with Crippen LogP contribution in [0.1, 0.15) is 33.6 Å². The molecule has 6 nitrogen and oxygen atoms in total. The van der Waals surface area contributed by atoms with Crippen molar-refractivity contribution in [1.82, 2.24) is 15.5 Å². The summed E-state index contributed by atoms with van der Waals surface area (Å²) in [6, 6.07) is -0.868. The molecule has 2 unspecified atom stereocenters. The number of nitrogens with zero attached hydrogens (tertiary/aromatic N) is 1. The molecule has 0 aromatic rings. The summed E-state index contributed by atoms with van der Waals surface area (Å²) in [5, 5.41) is 14.3. The lowest BCUT2D eigenvalue weighted by atomic mass is 10.1. The largest absolute Gasteiger partial charge is 0.480 e. The van der Waals surface area contributed by atoms with Gasteiger partial charge in [-0.15, -0.1) is 0 Å². The predicted octanol–water partition coefficient (Wildman–Crippen LogP) is 0.879. The van der Waals surface area contributed by atoms with Gasteiger partial charge in [0.25, 0.3) is 0 Å². The first-order chi connectivity index (χ1) is 8.95. The zero-order chi connectivity index (χ0) is 14.4. The SMILES string of the molecule is CCN1CCCC1CNC(=O)NC(C(=O)O)C(C)C. The number of urea groups is 1. The fraction of sp³-hybridized carbons (Fsp3) is 0.846. The summed E-state index contributed by atoms with van der Waals surface area (Å²) in [6.45, 7) is 8.29. The van der Waals surface area contributed by atoms with Gasteiger partial charge in [0, 0.05) is 12.6 Å². The maximum absolute atomic E-state index is 11.7. The number of likely N-dealkylation sites (N-methyl/N-ethyl adjacent to an activating group) is 1. The van der Waals surface area contributed by atoms with E-state index in [1.807, 2.05) is 0 Å². The molecule has 1 saturated heterocycles. The van der Waals surface area contributed by atoms with Crippen LogP contribution in [0.5, 0.6) is 0 Å². The molecule has 1 fully saturated rings. The molecule has 1 aliphatic rings. The number of carboxylic acids is 1. The number of aliphatic carboxylic acids is 1. The molecule has 3 N–H and O–H groups in total. The minimum atomic E-state index is -0.999. The number of likely N-dealkylation sites (tertiary alicyclic amines) is 1. The predicted molar refractivity (Wildman–Crippen MR) is 73.1 cm³/mol. The van der Waals surface area contributed by atoms with Crippen LogP contribution in [0.25, 0.3) is 0 Å². The van der Waals surface area contributed by atoms with Crippen molar-refractivity contribution >= 4 is 12.0 Å². The van der Waals surface area contributed by atoms with Gasteiger partial charge in [0.2, 0.25) is 0 Å². The Kier molecular flexibility index (Phi) is 6.08. The topological polar surface area (TPSA) is 81.7 Å². The molecule has 2 atom stereocenters. The Balaban J connectivity index is 2.36. The number of hydrogen-bond donors (Lipinski definition) is 3. The molecular weight excluding hydrogens is 246 g/mol. The van der Waals surface area contributed by atoms with Crippen LogP contribution in [-0.2, 0) is 4.79 Å². The number of carbonyl (C=O) groups is 2. The van der Waals surface area contributed by atoms with E-state index in [0.29, 0.717) is 12.6 Å². The maximum atomic E-state index is 11.7. The highest BCUT2D eigenvalue weighted by molar-refractivity contribution is 5.82. The summed E-state index contributed by atoms with van der Waals surface area (Å²) in [4.78, 5) is 25.0. The number of carboxylic acid groups (broad SMARTS) is 1. The van der Waals surface area contributed by atoms with Gasteiger partial charge in [-0.1, -0.05) is 20.8 Å². The Labute approximate surface area is 114 Å². The lowest BCUT2D eigenvalue weighted by Gasteiger charge is -2.24. The third kappa shape index (κ3) is 4.70. The summed E-state index contributed by atoms with van der Waals surface area (Å²) >= 11 is 0. The van der Waals surface area contributed by atoms with Gasteiger partial charge in [-0.25, -0.2) is 9.59 Å². The first kappa shape index (κ1) is 15.8. The lowest BCUT2D eigenvalue weighted by molar-refractivity contribution is -0.140. The zero-order valence-electron chi connectivity index (χ0n) is 12.0. The Morgan fingerprint density at radius 2 is 2.11 bits per heavy atom. The number of nitrogens with one attached hydrogen (secondary N) is 2. The molecule has 6 heteroatoms. The van der Waals surface area contributed by atoms with Gasteiger partial charge in [0.05, 0.1) is 0 Å². The van der Waals surface area contributed by atoms with Gasteiger partial charge >= 0.3 is 12.0 Å². The standard InChI is InChI=1S/C13H25N3O3/c1-4-16-7-5-6-10(16)8-14-13(19)15-11(9(2)3)12(17)18/h9-11H,4-8H2,1-3H3,(H,17,18)(H2,14,15,19). The van der Waals surface area contributed by atoms with Crippen molar-refractivity contribution in [3.63, 3.8) is 0 Å². The zero-order valence-corrected chi connectivity index (χ0v) is 12.0. The van der Waals surface area contributed by atoms with Crippen molar-refractivity contribution in [1.29, 1.82) is 0 Å². The smallest absolute Gasteiger partial charge is 0.326 e. The molecule has 0 aromatic carbocycles. The van der Waals surface area contributed by atoms with E-state index >= 15 is 0 Å². The molecule has 0 saturated carbocycles. The first-order valence-electron chi connectivity index (χ1n) is 6.97. The van der Waals surface area contributed by atoms with Gasteiger partial charge in [-0.05, 0) is 31.8 Å². The molecule has 19 heavy (non-hydrogen) atoms. The Morgan fingerprint density at radius 3 is 2.63 bits per heavy atom. The van der Waals surface area contributed by atoms with Gasteiger partial charge < -0.3 is 15.7 Å². The number of carbonyl (C=O) groups excluding carboxylic acids is 1. The fourth-order valence-electron chi connectivity index (χ4n) is 2.46. The van der Waals surface area contributed by atoms with Crippen molar-refractivity contribution in [3.8, 4) is 0 Å². The van der Waals surface area contributed by atoms with E-state index in [1.165, 1.54) is 0 Å². The van der Waals surface area contributed by atoms with Crippen LogP contribution in [0.4, 0.5) is 4.79 Å². The summed E-state index contributed by atoms with van der Waals surface area (Å²) in [7, 11) is 0. The van der Waals surface area contributed by atoms with E-state index < -0.39 is 18.0 Å². The molecule has 0 radical (unpaired) electrons. The second kappa shape index (κ2) is 7.33. The van der Waals surface area contributed by atoms with Crippen molar-refractivity contribution in [2.45, 2.75) is 45.7 Å². The summed E-state index contributed by atoms with van der Waals surface area (Å²) in [5.41, 5.74) is 0. The second-order valence-corrected chi connectivity index (χ2v) is 5.34. The second-order valence-electron chi connectivity index (χ2n) is 5.34. The normalized spacial score (nSPS) is 21.4. The third-order valence-corrected chi connectivity index (χ3v) is 3.62. The van der Waals surface area contributed by atoms with Crippen molar-refractivity contribution < 1.29 is 14.7 Å². The first-order valence-corrected chi connectivity index (χ1v) is 6.97. The summed E-state index contributed by atoms with van der Waals surface area (Å²) in [6.07, 6.45) is 2.24. The molecule has 2 amide bonds. The number of rotatable bonds is 6. The van der Waals surface area contributed by atoms with E-state index in [9.17, 15) is 9.59 Å². The molecule has 0 bridgehead atoms. The monoisotopic (exact) mass is 271 g/mol. The lowest BCUT2D eigenvalue weighted by Crippen LogP contribution is -2.50. The van der Waals surface area contributed by atoms with E-state index in [1.54, 1.807) is 13.8 Å². The van der Waals surface area contributed by atoms with E-state index in [0.717, 1.165) is 25.9 Å². The molecular formula is C13H25N3O3. The maximum Gasteiger partial charge on any atom is 0.326 e. The molecule has 0 aromatic heterocycles. The van der Waals surface area contributed by atoms with E-state index in [-0.39, 0.29) is 5.92 Å². The van der Waals surface area contributed by atoms with Gasteiger partial charge in [-0.2, -0.15) is 0 Å². The van der Waals surface area contributed by atoms with Gasteiger partial charge in [0.1, 0.15) is 6.04 Å². The van der Waals surface area contributed by atoms with Gasteiger partial charge in [0.15, 0.2) is 0 Å². The molecule has 0 aliphatic carbocycles. The molecule has 1 heterocycles. The Bertz CT molecular complexity index is 320. The third-order valence-electron chi connectivity index (χ3n) is 3.62. The molecule has 0 spiro atoms. The van der Waals surface area contributed by atoms with Crippen LogP contribution in [0, 0.1) is 5.92 Å². The van der Waals surface area contributed by atoms with Gasteiger partial charge in [-0.3, -0.25) is 4.90 Å². The van der Waals surface area contributed by atoms with E-state index in [2.05, 4.69) is 22.5 Å². The molecule has 1 rings (SSSR count). The summed E-state index contributed by atoms with van der Waals surface area (Å²) < 4.78 is 0. The Morgan fingerprint density at radius 1 is 1.42 bits per heavy atom. The van der Waals surface area contributed by atoms with Crippen molar-refractivity contribution in [2.24, 2.45) is 5.92 Å². The Hall–Kier alpha value is -1.30. The van der Waals surface area contributed by atoms with Crippen LogP contribution in [-0.4, -0.2) is 53.7 Å². The highest BCUT2D eigenvalue weighted by atomic mass is 16.4. The van der Waals surface area contributed by atoms with Crippen LogP contribution in [0.3, 0.4) is 0 Å². The molecule has 1 aliphatic heterocycles.